The van der Waals surface area contributed by atoms with Crippen molar-refractivity contribution in [3.8, 4) is 22.6 Å². The van der Waals surface area contributed by atoms with Crippen LogP contribution in [0, 0.1) is 6.92 Å². The third-order valence-corrected chi connectivity index (χ3v) is 3.39. The molecule has 0 aliphatic rings. The van der Waals surface area contributed by atoms with Gasteiger partial charge in [-0.25, -0.2) is 4.79 Å². The van der Waals surface area contributed by atoms with Gasteiger partial charge in [-0.3, -0.25) is 0 Å². The van der Waals surface area contributed by atoms with Crippen molar-refractivity contribution in [3.05, 3.63) is 65.7 Å². The van der Waals surface area contributed by atoms with E-state index in [1.54, 1.807) is 18.2 Å². The first-order chi connectivity index (χ1) is 10.7. The Balaban J connectivity index is 1.96. The lowest BCUT2D eigenvalue weighted by molar-refractivity contribution is 0.0601. The molecule has 4 heteroatoms. The summed E-state index contributed by atoms with van der Waals surface area (Å²) in [5.74, 6) is 0.325. The molecular formula is C18H15NO3. The zero-order chi connectivity index (χ0) is 15.5. The van der Waals surface area contributed by atoms with Gasteiger partial charge < -0.3 is 9.26 Å². The number of aryl methyl sites for hydroxylation is 1. The molecule has 0 fully saturated rings. The number of hydrogen-bond acceptors (Lipinski definition) is 4. The van der Waals surface area contributed by atoms with E-state index in [9.17, 15) is 4.79 Å². The zero-order valence-corrected chi connectivity index (χ0v) is 12.4. The third-order valence-electron chi connectivity index (χ3n) is 3.39. The fraction of sp³-hybridized carbons (Fsp3) is 0.111. The molecule has 1 heterocycles. The summed E-state index contributed by atoms with van der Waals surface area (Å²) in [7, 11) is 1.36. The molecule has 0 saturated carbocycles. The minimum Gasteiger partial charge on any atom is -0.465 e. The molecule has 0 amide bonds. The van der Waals surface area contributed by atoms with E-state index in [1.807, 2.05) is 43.3 Å². The first-order valence-electron chi connectivity index (χ1n) is 6.90. The number of esters is 1. The molecule has 0 bridgehead atoms. The summed E-state index contributed by atoms with van der Waals surface area (Å²) in [5, 5.41) is 4.09. The highest BCUT2D eigenvalue weighted by atomic mass is 16.5. The second kappa shape index (κ2) is 5.85. The molecule has 1 aromatic heterocycles. The van der Waals surface area contributed by atoms with Gasteiger partial charge in [-0.1, -0.05) is 41.1 Å². The van der Waals surface area contributed by atoms with Gasteiger partial charge in [0, 0.05) is 17.2 Å². The van der Waals surface area contributed by atoms with Gasteiger partial charge in [0.05, 0.1) is 12.7 Å². The van der Waals surface area contributed by atoms with E-state index < -0.39 is 0 Å². The molecule has 0 aliphatic carbocycles. The summed E-state index contributed by atoms with van der Waals surface area (Å²) in [5.41, 5.74) is 4.11. The van der Waals surface area contributed by atoms with Gasteiger partial charge in [-0.15, -0.1) is 0 Å². The quantitative estimate of drug-likeness (QED) is 0.682. The number of rotatable bonds is 3. The van der Waals surface area contributed by atoms with Crippen LogP contribution in [0.2, 0.25) is 0 Å². The molecule has 3 rings (SSSR count). The molecule has 0 atom stereocenters. The van der Waals surface area contributed by atoms with Gasteiger partial charge in [0.15, 0.2) is 5.76 Å². The number of benzene rings is 2. The lowest BCUT2D eigenvalue weighted by atomic mass is 10.1. The molecule has 0 spiro atoms. The van der Waals surface area contributed by atoms with Crippen molar-refractivity contribution in [2.75, 3.05) is 7.11 Å². The van der Waals surface area contributed by atoms with E-state index in [1.165, 1.54) is 7.11 Å². The molecule has 0 saturated heterocycles. The molecule has 110 valence electrons. The molecule has 0 radical (unpaired) electrons. The van der Waals surface area contributed by atoms with Crippen molar-refractivity contribution in [1.29, 1.82) is 0 Å². The Morgan fingerprint density at radius 1 is 1.05 bits per heavy atom. The summed E-state index contributed by atoms with van der Waals surface area (Å²) in [6, 6.07) is 17.0. The Kier molecular flexibility index (Phi) is 3.74. The van der Waals surface area contributed by atoms with Crippen LogP contribution in [0.15, 0.2) is 59.1 Å². The number of ether oxygens (including phenoxy) is 1. The van der Waals surface area contributed by atoms with Crippen LogP contribution >= 0.6 is 0 Å². The highest BCUT2D eigenvalue weighted by molar-refractivity contribution is 5.90. The second-order valence-corrected chi connectivity index (χ2v) is 5.02. The van der Waals surface area contributed by atoms with Crippen molar-refractivity contribution in [2.45, 2.75) is 6.92 Å². The summed E-state index contributed by atoms with van der Waals surface area (Å²) < 4.78 is 10.2. The standard InChI is InChI=1S/C18H15NO3/c1-12-5-3-7-14(9-12)17-11-16(19-22-17)13-6-4-8-15(10-13)18(20)21-2/h3-11H,1-2H3. The van der Waals surface area contributed by atoms with E-state index in [0.29, 0.717) is 17.0 Å². The normalized spacial score (nSPS) is 10.5. The number of nitrogens with zero attached hydrogens (tertiary/aromatic N) is 1. The minimum absolute atomic E-state index is 0.371. The van der Waals surface area contributed by atoms with Crippen molar-refractivity contribution < 1.29 is 14.1 Å². The molecule has 0 aliphatic heterocycles. The van der Waals surface area contributed by atoms with Crippen LogP contribution in [0.4, 0.5) is 0 Å². The van der Waals surface area contributed by atoms with E-state index in [4.69, 9.17) is 9.26 Å². The lowest BCUT2D eigenvalue weighted by Crippen LogP contribution is -2.00. The fourth-order valence-corrected chi connectivity index (χ4v) is 2.27. The number of carbonyl (C=O) groups is 1. The van der Waals surface area contributed by atoms with Crippen LogP contribution in [0.5, 0.6) is 0 Å². The summed E-state index contributed by atoms with van der Waals surface area (Å²) in [4.78, 5) is 11.6. The lowest BCUT2D eigenvalue weighted by Gasteiger charge is -2.00. The van der Waals surface area contributed by atoms with Crippen molar-refractivity contribution in [1.82, 2.24) is 5.16 Å². The summed E-state index contributed by atoms with van der Waals surface area (Å²) in [6.07, 6.45) is 0. The first kappa shape index (κ1) is 14.1. The molecule has 0 unspecified atom stereocenters. The average molecular weight is 293 g/mol. The second-order valence-electron chi connectivity index (χ2n) is 5.02. The van der Waals surface area contributed by atoms with Crippen molar-refractivity contribution in [2.24, 2.45) is 0 Å². The Morgan fingerprint density at radius 3 is 2.59 bits per heavy atom. The Hall–Kier alpha value is -2.88. The van der Waals surface area contributed by atoms with Crippen LogP contribution in [0.25, 0.3) is 22.6 Å². The van der Waals surface area contributed by atoms with E-state index in [-0.39, 0.29) is 5.97 Å². The topological polar surface area (TPSA) is 52.3 Å². The van der Waals surface area contributed by atoms with Crippen LogP contribution in [-0.4, -0.2) is 18.2 Å². The van der Waals surface area contributed by atoms with Gasteiger partial charge >= 0.3 is 5.97 Å². The zero-order valence-electron chi connectivity index (χ0n) is 12.4. The number of aromatic nitrogens is 1. The summed E-state index contributed by atoms with van der Waals surface area (Å²) >= 11 is 0. The maximum atomic E-state index is 11.6. The van der Waals surface area contributed by atoms with Gasteiger partial charge in [0.2, 0.25) is 0 Å². The average Bonchev–Trinajstić information content (AvgIpc) is 3.04. The molecule has 4 nitrogen and oxygen atoms in total. The molecule has 22 heavy (non-hydrogen) atoms. The van der Waals surface area contributed by atoms with Crippen LogP contribution in [0.3, 0.4) is 0 Å². The number of hydrogen-bond donors (Lipinski definition) is 0. The van der Waals surface area contributed by atoms with E-state index in [0.717, 1.165) is 16.7 Å². The maximum Gasteiger partial charge on any atom is 0.337 e. The van der Waals surface area contributed by atoms with Crippen LogP contribution in [-0.2, 0) is 4.74 Å². The predicted octanol–water partition coefficient (Wildman–Crippen LogP) is 4.10. The highest BCUT2D eigenvalue weighted by Gasteiger charge is 2.11. The van der Waals surface area contributed by atoms with Gasteiger partial charge in [-0.05, 0) is 25.1 Å². The van der Waals surface area contributed by atoms with E-state index in [2.05, 4.69) is 5.16 Å². The fourth-order valence-electron chi connectivity index (χ4n) is 2.27. The smallest absolute Gasteiger partial charge is 0.337 e. The SMILES string of the molecule is COC(=O)c1cccc(-c2cc(-c3cccc(C)c3)on2)c1. The molecule has 2 aromatic carbocycles. The monoisotopic (exact) mass is 293 g/mol. The maximum absolute atomic E-state index is 11.6. The molecular weight excluding hydrogens is 278 g/mol. The van der Waals surface area contributed by atoms with Gasteiger partial charge in [0.1, 0.15) is 5.69 Å². The first-order valence-corrected chi connectivity index (χ1v) is 6.90. The van der Waals surface area contributed by atoms with Gasteiger partial charge in [0.25, 0.3) is 0 Å². The van der Waals surface area contributed by atoms with E-state index >= 15 is 0 Å². The predicted molar refractivity (Wildman–Crippen MR) is 83.5 cm³/mol. The number of methoxy groups -OCH3 is 1. The van der Waals surface area contributed by atoms with Crippen LogP contribution in [0.1, 0.15) is 15.9 Å². The Morgan fingerprint density at radius 2 is 1.82 bits per heavy atom. The van der Waals surface area contributed by atoms with Crippen molar-refractivity contribution in [3.63, 3.8) is 0 Å². The largest absolute Gasteiger partial charge is 0.465 e. The minimum atomic E-state index is -0.371. The van der Waals surface area contributed by atoms with Crippen LogP contribution < -0.4 is 0 Å². The molecule has 3 aromatic rings. The van der Waals surface area contributed by atoms with Crippen molar-refractivity contribution >= 4 is 5.97 Å². The number of carbonyl (C=O) groups excluding carboxylic acids is 1. The Labute approximate surface area is 128 Å². The van der Waals surface area contributed by atoms with Gasteiger partial charge in [-0.2, -0.15) is 0 Å². The summed E-state index contributed by atoms with van der Waals surface area (Å²) in [6.45, 7) is 2.03. The third kappa shape index (κ3) is 2.76. The highest BCUT2D eigenvalue weighted by Crippen LogP contribution is 2.27. The molecule has 0 N–H and O–H groups in total. The Bertz CT molecular complexity index is 820.